The third kappa shape index (κ3) is 4.38. The summed E-state index contributed by atoms with van der Waals surface area (Å²) in [5.74, 6) is -0.111. The molecule has 1 amide bonds. The van der Waals surface area contributed by atoms with Crippen LogP contribution in [-0.2, 0) is 11.3 Å². The van der Waals surface area contributed by atoms with Crippen LogP contribution in [0.3, 0.4) is 0 Å². The van der Waals surface area contributed by atoms with Gasteiger partial charge in [0, 0.05) is 19.7 Å². The van der Waals surface area contributed by atoms with Crippen molar-refractivity contribution in [2.45, 2.75) is 39.3 Å². The number of ether oxygens (including phenoxy) is 1. The predicted octanol–water partition coefficient (Wildman–Crippen LogP) is 3.71. The van der Waals surface area contributed by atoms with Crippen LogP contribution in [0.2, 0.25) is 0 Å². The number of aryl methyl sites for hydroxylation is 1. The molecule has 6 nitrogen and oxygen atoms in total. The first-order chi connectivity index (χ1) is 14.1. The van der Waals surface area contributed by atoms with E-state index in [-0.39, 0.29) is 12.0 Å². The van der Waals surface area contributed by atoms with Gasteiger partial charge in [-0.15, -0.1) is 5.10 Å². The summed E-state index contributed by atoms with van der Waals surface area (Å²) < 4.78 is 7.51. The van der Waals surface area contributed by atoms with Gasteiger partial charge in [-0.3, -0.25) is 4.79 Å². The van der Waals surface area contributed by atoms with Gasteiger partial charge in [0.05, 0.1) is 17.5 Å². The van der Waals surface area contributed by atoms with Crippen LogP contribution in [-0.4, -0.2) is 45.1 Å². The molecule has 0 saturated carbocycles. The highest BCUT2D eigenvalue weighted by molar-refractivity contribution is 5.93. The summed E-state index contributed by atoms with van der Waals surface area (Å²) in [7, 11) is 0. The Balaban J connectivity index is 1.60. The van der Waals surface area contributed by atoms with E-state index in [0.717, 1.165) is 36.4 Å². The van der Waals surface area contributed by atoms with Crippen molar-refractivity contribution in [1.29, 1.82) is 0 Å². The topological polar surface area (TPSA) is 60.2 Å². The molecule has 1 saturated heterocycles. The monoisotopic (exact) mass is 390 g/mol. The number of nitrogens with zero attached hydrogens (tertiary/aromatic N) is 4. The lowest BCUT2D eigenvalue weighted by atomic mass is 10.1. The molecule has 1 aliphatic rings. The molecule has 0 radical (unpaired) electrons. The highest BCUT2D eigenvalue weighted by atomic mass is 16.5. The minimum absolute atomic E-state index is 0.0788. The second-order valence-corrected chi connectivity index (χ2v) is 7.58. The Labute approximate surface area is 171 Å². The van der Waals surface area contributed by atoms with Crippen molar-refractivity contribution in [2.75, 3.05) is 13.2 Å². The number of carbonyl (C=O) groups is 1. The van der Waals surface area contributed by atoms with Gasteiger partial charge in [0.2, 0.25) is 0 Å². The molecule has 3 aromatic rings. The Morgan fingerprint density at radius 3 is 2.59 bits per heavy atom. The van der Waals surface area contributed by atoms with E-state index in [1.54, 1.807) is 4.68 Å². The molecule has 1 unspecified atom stereocenters. The zero-order chi connectivity index (χ0) is 20.2. The van der Waals surface area contributed by atoms with E-state index in [0.29, 0.717) is 18.8 Å². The molecule has 2 heterocycles. The van der Waals surface area contributed by atoms with Gasteiger partial charge >= 0.3 is 0 Å². The van der Waals surface area contributed by atoms with Gasteiger partial charge in [-0.2, -0.15) is 0 Å². The largest absolute Gasteiger partial charge is 0.376 e. The maximum atomic E-state index is 13.4. The third-order valence-corrected chi connectivity index (χ3v) is 5.33. The van der Waals surface area contributed by atoms with Crippen LogP contribution in [0.4, 0.5) is 0 Å². The van der Waals surface area contributed by atoms with E-state index in [2.05, 4.69) is 10.3 Å². The number of rotatable bonds is 6. The summed E-state index contributed by atoms with van der Waals surface area (Å²) in [6, 6.07) is 18.0. The zero-order valence-corrected chi connectivity index (χ0v) is 16.9. The van der Waals surface area contributed by atoms with E-state index >= 15 is 0 Å². The number of aromatic nitrogens is 3. The minimum atomic E-state index is -0.111. The molecule has 4 rings (SSSR count). The lowest BCUT2D eigenvalue weighted by Crippen LogP contribution is -2.37. The molecular formula is C23H26N4O2. The lowest BCUT2D eigenvalue weighted by molar-refractivity contribution is 0.0502. The first-order valence-electron chi connectivity index (χ1n) is 10.1. The smallest absolute Gasteiger partial charge is 0.276 e. The molecule has 1 atom stereocenters. The zero-order valence-electron chi connectivity index (χ0n) is 16.9. The van der Waals surface area contributed by atoms with Crippen LogP contribution in [0.15, 0.2) is 54.6 Å². The number of hydrogen-bond donors (Lipinski definition) is 0. The standard InChI is InChI=1S/C23H26N4O2/c1-17-10-12-20(13-11-17)27-18(2)22(24-25-27)23(28)26(16-21-9-6-14-29-21)15-19-7-4-3-5-8-19/h3-5,7-8,10-13,21H,6,9,14-16H2,1-2H3. The van der Waals surface area contributed by atoms with E-state index in [1.807, 2.05) is 73.3 Å². The van der Waals surface area contributed by atoms with Gasteiger partial charge in [0.1, 0.15) is 0 Å². The van der Waals surface area contributed by atoms with E-state index in [9.17, 15) is 4.79 Å². The summed E-state index contributed by atoms with van der Waals surface area (Å²) in [6.07, 6.45) is 2.10. The van der Waals surface area contributed by atoms with E-state index < -0.39 is 0 Å². The van der Waals surface area contributed by atoms with Gasteiger partial charge in [-0.05, 0) is 44.4 Å². The molecule has 1 aliphatic heterocycles. The molecule has 150 valence electrons. The Bertz CT molecular complexity index is 960. The molecule has 0 aliphatic carbocycles. The van der Waals surface area contributed by atoms with Gasteiger partial charge in [-0.25, -0.2) is 4.68 Å². The molecule has 29 heavy (non-hydrogen) atoms. The van der Waals surface area contributed by atoms with Crippen molar-refractivity contribution in [1.82, 2.24) is 19.9 Å². The second kappa shape index (κ2) is 8.57. The summed E-state index contributed by atoms with van der Waals surface area (Å²) in [5, 5.41) is 8.48. The van der Waals surface area contributed by atoms with Gasteiger partial charge in [0.25, 0.3) is 5.91 Å². The maximum Gasteiger partial charge on any atom is 0.276 e. The van der Waals surface area contributed by atoms with E-state index in [4.69, 9.17) is 4.74 Å². The van der Waals surface area contributed by atoms with Crippen LogP contribution in [0.5, 0.6) is 0 Å². The molecule has 6 heteroatoms. The Kier molecular flexibility index (Phi) is 5.71. The maximum absolute atomic E-state index is 13.4. The van der Waals surface area contributed by atoms with Crippen LogP contribution < -0.4 is 0 Å². The molecule has 2 aromatic carbocycles. The fraction of sp³-hybridized carbons (Fsp3) is 0.348. The highest BCUT2D eigenvalue weighted by Crippen LogP contribution is 2.19. The average Bonchev–Trinajstić information content (AvgIpc) is 3.38. The molecular weight excluding hydrogens is 364 g/mol. The third-order valence-electron chi connectivity index (χ3n) is 5.33. The van der Waals surface area contributed by atoms with Gasteiger partial charge < -0.3 is 9.64 Å². The predicted molar refractivity (Wildman–Crippen MR) is 111 cm³/mol. The fourth-order valence-electron chi connectivity index (χ4n) is 3.66. The normalized spacial score (nSPS) is 16.1. The number of carbonyl (C=O) groups excluding carboxylic acids is 1. The minimum Gasteiger partial charge on any atom is -0.376 e. The van der Waals surface area contributed by atoms with E-state index in [1.165, 1.54) is 5.56 Å². The van der Waals surface area contributed by atoms with Crippen molar-refractivity contribution in [3.8, 4) is 5.69 Å². The summed E-state index contributed by atoms with van der Waals surface area (Å²) in [5.41, 5.74) is 4.29. The van der Waals surface area contributed by atoms with Crippen molar-refractivity contribution in [2.24, 2.45) is 0 Å². The number of hydrogen-bond acceptors (Lipinski definition) is 4. The summed E-state index contributed by atoms with van der Waals surface area (Å²) >= 11 is 0. The molecule has 0 bridgehead atoms. The molecule has 1 fully saturated rings. The number of benzene rings is 2. The first-order valence-corrected chi connectivity index (χ1v) is 10.1. The Morgan fingerprint density at radius 2 is 1.90 bits per heavy atom. The second-order valence-electron chi connectivity index (χ2n) is 7.58. The van der Waals surface area contributed by atoms with Crippen molar-refractivity contribution < 1.29 is 9.53 Å². The van der Waals surface area contributed by atoms with Crippen molar-refractivity contribution in [3.63, 3.8) is 0 Å². The van der Waals surface area contributed by atoms with Gasteiger partial charge in [-0.1, -0.05) is 53.2 Å². The fourth-order valence-corrected chi connectivity index (χ4v) is 3.66. The number of amides is 1. The van der Waals surface area contributed by atoms with Crippen LogP contribution in [0.1, 0.15) is 40.2 Å². The molecule has 0 spiro atoms. The summed E-state index contributed by atoms with van der Waals surface area (Å²) in [4.78, 5) is 15.2. The summed E-state index contributed by atoms with van der Waals surface area (Å²) in [6.45, 7) is 5.78. The van der Waals surface area contributed by atoms with Gasteiger partial charge in [0.15, 0.2) is 5.69 Å². The SMILES string of the molecule is Cc1ccc(-n2nnc(C(=O)N(Cc3ccccc3)CC3CCCO3)c2C)cc1. The van der Waals surface area contributed by atoms with Crippen molar-refractivity contribution >= 4 is 5.91 Å². The first kappa shape index (κ1) is 19.3. The van der Waals surface area contributed by atoms with Crippen molar-refractivity contribution in [3.05, 3.63) is 77.1 Å². The Hall–Kier alpha value is -2.99. The Morgan fingerprint density at radius 1 is 1.14 bits per heavy atom. The highest BCUT2D eigenvalue weighted by Gasteiger charge is 2.27. The van der Waals surface area contributed by atoms with Crippen LogP contribution >= 0.6 is 0 Å². The molecule has 0 N–H and O–H groups in total. The average molecular weight is 390 g/mol. The quantitative estimate of drug-likeness (QED) is 0.644. The molecule has 1 aromatic heterocycles. The van der Waals surface area contributed by atoms with Crippen LogP contribution in [0, 0.1) is 13.8 Å². The lowest BCUT2D eigenvalue weighted by Gasteiger charge is -2.25. The van der Waals surface area contributed by atoms with Crippen LogP contribution in [0.25, 0.3) is 5.69 Å².